The molecule has 29 heteroatoms. The van der Waals surface area contributed by atoms with E-state index in [4.69, 9.17) is 11.5 Å². The number of carbonyl (C=O) groups excluding carboxylic acids is 9. The maximum absolute atomic E-state index is 14.3. The van der Waals surface area contributed by atoms with Gasteiger partial charge in [0, 0.05) is 19.5 Å². The van der Waals surface area contributed by atoms with Crippen molar-refractivity contribution in [3.8, 4) is 5.75 Å². The quantitative estimate of drug-likeness (QED) is 0.0297. The van der Waals surface area contributed by atoms with Gasteiger partial charge in [0.05, 0.1) is 25.7 Å². The van der Waals surface area contributed by atoms with Crippen molar-refractivity contribution in [2.24, 2.45) is 17.4 Å². The number of benzene rings is 1. The molecule has 1 aromatic rings. The Kier molecular flexibility index (Phi) is 28.8. The van der Waals surface area contributed by atoms with Crippen molar-refractivity contribution in [1.82, 2.24) is 47.0 Å². The Morgan fingerprint density at radius 1 is 0.608 bits per heavy atom. The van der Waals surface area contributed by atoms with Gasteiger partial charge in [-0.15, -0.1) is 0 Å². The van der Waals surface area contributed by atoms with E-state index in [0.29, 0.717) is 49.3 Å². The standard InChI is InChI=1S/C50H79N11O16S2/c1-27(2)40(49(75)61-20-8-11-38(61)46(72)54-32(17-22-79-4)42(68)53-31(16-21-78-3)43(69)58-36(26-63)50(76)77)59-45(71)35(25-62)57-44(70)33(24-39(65)66)55-47(73)37-10-7-19-60(37)48(74)34(23-28-12-14-29(64)15-13-28)56-41(67)30(52)9-5-6-18-51/h12-15,27,30-38,40,62-64H,5-11,16-26,51-52H2,1-4H3,(H,53,68)(H,54,72)(H,55,73)(H,56,67)(H,57,70)(H,58,69)(H,59,71)(H,65,66)(H,76,77)/t30-,31-,32-,33-,34-,35-,36-,37-,38-,40-/m0/s1. The van der Waals surface area contributed by atoms with Crippen LogP contribution >= 0.6 is 23.5 Å². The third-order valence-corrected chi connectivity index (χ3v) is 14.6. The van der Waals surface area contributed by atoms with Crippen molar-refractivity contribution < 1.29 is 78.3 Å². The highest BCUT2D eigenvalue weighted by molar-refractivity contribution is 7.98. The monoisotopic (exact) mass is 1150 g/mol. The first-order chi connectivity index (χ1) is 37.5. The Labute approximate surface area is 467 Å². The molecule has 0 saturated carbocycles. The molecule has 2 saturated heterocycles. The summed E-state index contributed by atoms with van der Waals surface area (Å²) in [7, 11) is 0. The van der Waals surface area contributed by atoms with Gasteiger partial charge in [0.25, 0.3) is 0 Å². The molecule has 9 amide bonds. The van der Waals surface area contributed by atoms with Crippen molar-refractivity contribution in [2.75, 3.05) is 56.9 Å². The van der Waals surface area contributed by atoms with Crippen molar-refractivity contribution in [3.63, 3.8) is 0 Å². The summed E-state index contributed by atoms with van der Waals surface area (Å²) in [5.41, 5.74) is 12.3. The maximum atomic E-state index is 14.3. The minimum atomic E-state index is -1.86. The maximum Gasteiger partial charge on any atom is 0.328 e. The first-order valence-electron chi connectivity index (χ1n) is 26.1. The number of aliphatic carboxylic acids is 2. The average Bonchev–Trinajstić information content (AvgIpc) is 4.13. The van der Waals surface area contributed by atoms with Gasteiger partial charge in [-0.05, 0) is 106 Å². The number of hydrogen-bond donors (Lipinski definition) is 14. The number of unbranched alkanes of at least 4 members (excludes halogenated alkanes) is 1. The number of nitrogens with two attached hydrogens (primary N) is 2. The first-order valence-corrected chi connectivity index (χ1v) is 28.9. The zero-order valence-electron chi connectivity index (χ0n) is 45.0. The molecule has 0 aromatic heterocycles. The van der Waals surface area contributed by atoms with Gasteiger partial charge < -0.3 is 84.0 Å². The van der Waals surface area contributed by atoms with E-state index in [-0.39, 0.29) is 57.4 Å². The topological polar surface area (TPSA) is 432 Å². The van der Waals surface area contributed by atoms with Crippen molar-refractivity contribution in [2.45, 2.75) is 145 Å². The predicted molar refractivity (Wildman–Crippen MR) is 291 cm³/mol. The fourth-order valence-corrected chi connectivity index (χ4v) is 9.81. The molecule has 27 nitrogen and oxygen atoms in total. The zero-order valence-corrected chi connectivity index (χ0v) is 46.6. The highest BCUT2D eigenvalue weighted by Crippen LogP contribution is 2.23. The van der Waals surface area contributed by atoms with Crippen molar-refractivity contribution in [1.29, 1.82) is 0 Å². The fraction of sp³-hybridized carbons (Fsp3) is 0.660. The molecule has 0 radical (unpaired) electrons. The molecule has 10 atom stereocenters. The van der Waals surface area contributed by atoms with E-state index < -0.39 is 151 Å². The number of carboxylic acids is 2. The molecule has 442 valence electrons. The lowest BCUT2D eigenvalue weighted by Crippen LogP contribution is -2.61. The Bertz CT molecular complexity index is 2270. The first kappa shape index (κ1) is 67.0. The number of aromatic hydroxyl groups is 1. The van der Waals surface area contributed by atoms with Crippen molar-refractivity contribution in [3.05, 3.63) is 29.8 Å². The Hall–Kier alpha value is -6.27. The average molecular weight is 1150 g/mol. The molecule has 0 unspecified atom stereocenters. The second kappa shape index (κ2) is 34.0. The van der Waals surface area contributed by atoms with Gasteiger partial charge in [0.15, 0.2) is 0 Å². The Morgan fingerprint density at radius 2 is 1.08 bits per heavy atom. The van der Waals surface area contributed by atoms with Crippen LogP contribution in [-0.2, 0) is 59.2 Å². The van der Waals surface area contributed by atoms with Crippen LogP contribution in [0.1, 0.15) is 83.6 Å². The van der Waals surface area contributed by atoms with E-state index in [2.05, 4.69) is 37.2 Å². The second-order valence-electron chi connectivity index (χ2n) is 19.6. The van der Waals surface area contributed by atoms with Gasteiger partial charge in [0.1, 0.15) is 60.1 Å². The number of phenols is 1. The number of phenolic OH excluding ortho intramolecular Hbond substituents is 1. The number of likely N-dealkylation sites (tertiary alicyclic amines) is 2. The molecule has 0 bridgehead atoms. The molecule has 79 heavy (non-hydrogen) atoms. The summed E-state index contributed by atoms with van der Waals surface area (Å²) in [6, 6.07) is -7.80. The van der Waals surface area contributed by atoms with Crippen LogP contribution in [0.25, 0.3) is 0 Å². The molecule has 3 rings (SSSR count). The number of thioether (sulfide) groups is 2. The van der Waals surface area contributed by atoms with Crippen LogP contribution in [0.4, 0.5) is 0 Å². The third kappa shape index (κ3) is 21.0. The normalized spacial score (nSPS) is 18.1. The number of hydrogen-bond acceptors (Lipinski definition) is 18. The highest BCUT2D eigenvalue weighted by Gasteiger charge is 2.43. The largest absolute Gasteiger partial charge is 0.508 e. The number of aliphatic hydroxyl groups excluding tert-OH is 2. The Balaban J connectivity index is 1.76. The number of rotatable bonds is 34. The van der Waals surface area contributed by atoms with Crippen LogP contribution in [0.3, 0.4) is 0 Å². The minimum Gasteiger partial charge on any atom is -0.508 e. The summed E-state index contributed by atoms with van der Waals surface area (Å²) in [4.78, 5) is 150. The van der Waals surface area contributed by atoms with Crippen LogP contribution < -0.4 is 48.7 Å². The number of carbonyl (C=O) groups is 11. The van der Waals surface area contributed by atoms with E-state index in [1.807, 2.05) is 0 Å². The predicted octanol–water partition coefficient (Wildman–Crippen LogP) is -3.53. The van der Waals surface area contributed by atoms with Gasteiger partial charge in [-0.1, -0.05) is 32.4 Å². The molecule has 2 heterocycles. The van der Waals surface area contributed by atoms with Crippen LogP contribution in [-0.4, -0.2) is 218 Å². The molecule has 2 aliphatic rings. The van der Waals surface area contributed by atoms with Gasteiger partial charge in [-0.25, -0.2) is 4.79 Å². The molecule has 0 aliphatic carbocycles. The van der Waals surface area contributed by atoms with Gasteiger partial charge in [-0.3, -0.25) is 47.9 Å². The van der Waals surface area contributed by atoms with E-state index in [0.717, 1.165) is 0 Å². The van der Waals surface area contributed by atoms with Crippen molar-refractivity contribution >= 4 is 88.6 Å². The molecule has 1 aromatic carbocycles. The van der Waals surface area contributed by atoms with E-state index in [1.165, 1.54) is 45.5 Å². The zero-order chi connectivity index (χ0) is 58.9. The molecule has 16 N–H and O–H groups in total. The molecule has 2 aliphatic heterocycles. The van der Waals surface area contributed by atoms with Gasteiger partial charge >= 0.3 is 11.9 Å². The Morgan fingerprint density at radius 3 is 1.57 bits per heavy atom. The molecule has 2 fully saturated rings. The number of nitrogens with zero attached hydrogens (tertiary/aromatic N) is 2. The lowest BCUT2D eigenvalue weighted by Gasteiger charge is -2.32. The summed E-state index contributed by atoms with van der Waals surface area (Å²) in [6.07, 6.45) is 4.99. The molecular formula is C50H79N11O16S2. The number of aliphatic hydroxyl groups is 2. The van der Waals surface area contributed by atoms with E-state index in [9.17, 15) is 78.3 Å². The highest BCUT2D eigenvalue weighted by atomic mass is 32.2. The summed E-state index contributed by atoms with van der Waals surface area (Å²) < 4.78 is 0. The van der Waals surface area contributed by atoms with Crippen LogP contribution in [0.15, 0.2) is 24.3 Å². The molecule has 0 spiro atoms. The number of nitrogens with one attached hydrogen (secondary N) is 7. The summed E-state index contributed by atoms with van der Waals surface area (Å²) in [6.45, 7) is 1.71. The smallest absolute Gasteiger partial charge is 0.328 e. The lowest BCUT2D eigenvalue weighted by atomic mass is 10.0. The third-order valence-electron chi connectivity index (χ3n) is 13.3. The summed E-state index contributed by atoms with van der Waals surface area (Å²) in [5, 5.41) is 66.1. The second-order valence-corrected chi connectivity index (χ2v) is 21.6. The summed E-state index contributed by atoms with van der Waals surface area (Å²) >= 11 is 2.73. The minimum absolute atomic E-state index is 0.0381. The molecular weight excluding hydrogens is 1070 g/mol. The van der Waals surface area contributed by atoms with Crippen LogP contribution in [0.5, 0.6) is 5.75 Å². The van der Waals surface area contributed by atoms with E-state index >= 15 is 0 Å². The SMILES string of the molecule is CSCC[C@H](NC(=O)[C@H](CCSC)NC(=O)[C@@H]1CCCN1C(=O)[C@@H](NC(=O)[C@H](CO)NC(=O)[C@H](CC(=O)O)NC(=O)[C@@H]1CCCN1C(=O)[C@H](Cc1ccc(O)cc1)NC(=O)[C@@H](N)CCCCN)C(C)C)C(=O)N[C@@H](CO)C(=O)O. The lowest BCUT2D eigenvalue weighted by molar-refractivity contribution is -0.145. The van der Waals surface area contributed by atoms with Gasteiger partial charge in [-0.2, -0.15) is 23.5 Å². The number of carboxylic acid groups (broad SMARTS) is 2. The van der Waals surface area contributed by atoms with E-state index in [1.54, 1.807) is 38.5 Å². The fourth-order valence-electron chi connectivity index (χ4n) is 8.86. The van der Waals surface area contributed by atoms with Crippen LogP contribution in [0.2, 0.25) is 0 Å². The summed E-state index contributed by atoms with van der Waals surface area (Å²) in [5.74, 6) is -10.5. The van der Waals surface area contributed by atoms with Gasteiger partial charge in [0.2, 0.25) is 53.2 Å². The number of amides is 9. The van der Waals surface area contributed by atoms with Crippen LogP contribution in [0, 0.1) is 5.92 Å².